The van der Waals surface area contributed by atoms with Crippen LogP contribution in [0.3, 0.4) is 0 Å². The van der Waals surface area contributed by atoms with Gasteiger partial charge in [-0.3, -0.25) is 4.98 Å². The van der Waals surface area contributed by atoms with Crippen molar-refractivity contribution in [3.63, 3.8) is 0 Å². The number of nitrogens with zero attached hydrogens (tertiary/aromatic N) is 3. The highest BCUT2D eigenvalue weighted by molar-refractivity contribution is 5.37. The summed E-state index contributed by atoms with van der Waals surface area (Å²) < 4.78 is 5.55. The van der Waals surface area contributed by atoms with E-state index < -0.39 is 0 Å². The number of morpholine rings is 1. The molecule has 5 heteroatoms. The molecule has 2 heterocycles. The third-order valence-electron chi connectivity index (χ3n) is 3.10. The van der Waals surface area contributed by atoms with Crippen LogP contribution in [0.1, 0.15) is 26.5 Å². The van der Waals surface area contributed by atoms with Gasteiger partial charge in [0.05, 0.1) is 24.6 Å². The molecule has 1 aromatic rings. The van der Waals surface area contributed by atoms with Gasteiger partial charge in [-0.1, -0.05) is 13.8 Å². The van der Waals surface area contributed by atoms with Crippen LogP contribution in [0, 0.1) is 5.92 Å². The first-order valence-corrected chi connectivity index (χ1v) is 7.03. The molecule has 19 heavy (non-hydrogen) atoms. The quantitative estimate of drug-likeness (QED) is 0.872. The lowest BCUT2D eigenvalue weighted by Gasteiger charge is -2.31. The molecule has 1 fully saturated rings. The third kappa shape index (κ3) is 4.44. The molecule has 0 bridgehead atoms. The Kier molecular flexibility index (Phi) is 5.10. The second kappa shape index (κ2) is 6.82. The second-order valence-electron chi connectivity index (χ2n) is 5.52. The Morgan fingerprint density at radius 3 is 3.05 bits per heavy atom. The summed E-state index contributed by atoms with van der Waals surface area (Å²) in [7, 11) is 0. The van der Waals surface area contributed by atoms with Gasteiger partial charge in [0.25, 0.3) is 0 Å². The van der Waals surface area contributed by atoms with Crippen molar-refractivity contribution < 1.29 is 4.74 Å². The van der Waals surface area contributed by atoms with Crippen LogP contribution in [-0.2, 0) is 11.3 Å². The van der Waals surface area contributed by atoms with Crippen molar-refractivity contribution >= 4 is 5.82 Å². The van der Waals surface area contributed by atoms with E-state index in [1.807, 2.05) is 12.4 Å². The van der Waals surface area contributed by atoms with Crippen molar-refractivity contribution in [2.45, 2.75) is 33.4 Å². The summed E-state index contributed by atoms with van der Waals surface area (Å²) in [5.41, 5.74) is 0.997. The number of hydrogen-bond acceptors (Lipinski definition) is 5. The Morgan fingerprint density at radius 2 is 2.32 bits per heavy atom. The molecule has 5 nitrogen and oxygen atoms in total. The van der Waals surface area contributed by atoms with Crippen LogP contribution < -0.4 is 10.2 Å². The van der Waals surface area contributed by atoms with Gasteiger partial charge < -0.3 is 15.0 Å². The van der Waals surface area contributed by atoms with Crippen molar-refractivity contribution in [2.24, 2.45) is 5.92 Å². The van der Waals surface area contributed by atoms with Crippen molar-refractivity contribution in [1.29, 1.82) is 0 Å². The summed E-state index contributed by atoms with van der Waals surface area (Å²) in [5, 5.41) is 3.39. The molecule has 106 valence electrons. The fraction of sp³-hybridized carbons (Fsp3) is 0.714. The minimum atomic E-state index is 0.262. The average Bonchev–Trinajstić information content (AvgIpc) is 2.39. The van der Waals surface area contributed by atoms with E-state index in [0.717, 1.165) is 44.3 Å². The molecule has 1 unspecified atom stereocenters. The van der Waals surface area contributed by atoms with E-state index in [2.05, 4.69) is 41.0 Å². The van der Waals surface area contributed by atoms with Crippen LogP contribution in [0.5, 0.6) is 0 Å². The number of hydrogen-bond donors (Lipinski definition) is 1. The maximum atomic E-state index is 5.55. The summed E-state index contributed by atoms with van der Waals surface area (Å²) in [6.45, 7) is 10.8. The number of nitrogens with one attached hydrogen (secondary N) is 1. The number of aromatic nitrogens is 2. The van der Waals surface area contributed by atoms with Crippen molar-refractivity contribution in [3.8, 4) is 0 Å². The molecule has 2 rings (SSSR count). The number of anilines is 1. The molecule has 1 aromatic heterocycles. The Hall–Kier alpha value is -1.20. The first kappa shape index (κ1) is 14.2. The predicted octanol–water partition coefficient (Wildman–Crippen LogP) is 1.45. The minimum Gasteiger partial charge on any atom is -0.375 e. The topological polar surface area (TPSA) is 50.3 Å². The SMILES string of the molecule is CC(C)CNCc1cncc(N2CCOC(C)C2)n1. The highest BCUT2D eigenvalue weighted by atomic mass is 16.5. The highest BCUT2D eigenvalue weighted by Gasteiger charge is 2.18. The fourth-order valence-electron chi connectivity index (χ4n) is 2.15. The Balaban J connectivity index is 1.94. The molecule has 0 aliphatic carbocycles. The van der Waals surface area contributed by atoms with Gasteiger partial charge in [0.1, 0.15) is 5.82 Å². The number of ether oxygens (including phenoxy) is 1. The lowest BCUT2D eigenvalue weighted by molar-refractivity contribution is 0.0529. The summed E-state index contributed by atoms with van der Waals surface area (Å²) in [6.07, 6.45) is 3.93. The first-order chi connectivity index (χ1) is 9.15. The van der Waals surface area contributed by atoms with E-state index in [4.69, 9.17) is 4.74 Å². The Bertz CT molecular complexity index is 397. The standard InChI is InChI=1S/C14H24N4O/c1-11(2)6-15-7-13-8-16-9-14(17-13)18-4-5-19-12(3)10-18/h8-9,11-12,15H,4-7,10H2,1-3H3. The lowest BCUT2D eigenvalue weighted by Crippen LogP contribution is -2.41. The van der Waals surface area contributed by atoms with Gasteiger partial charge in [0.15, 0.2) is 0 Å². The average molecular weight is 264 g/mol. The van der Waals surface area contributed by atoms with Crippen LogP contribution in [0.25, 0.3) is 0 Å². The van der Waals surface area contributed by atoms with Crippen LogP contribution in [0.4, 0.5) is 5.82 Å². The predicted molar refractivity (Wildman–Crippen MR) is 76.2 cm³/mol. The molecule has 0 saturated carbocycles. The van der Waals surface area contributed by atoms with Gasteiger partial charge in [-0.25, -0.2) is 4.98 Å². The lowest BCUT2D eigenvalue weighted by atomic mass is 10.2. The summed E-state index contributed by atoms with van der Waals surface area (Å²) in [4.78, 5) is 11.2. The molecular formula is C14H24N4O. The maximum absolute atomic E-state index is 5.55. The second-order valence-corrected chi connectivity index (χ2v) is 5.52. The summed E-state index contributed by atoms with van der Waals surface area (Å²) in [5.74, 6) is 1.61. The molecule has 0 spiro atoms. The molecule has 1 aliphatic rings. The van der Waals surface area contributed by atoms with E-state index in [1.54, 1.807) is 0 Å². The fourth-order valence-corrected chi connectivity index (χ4v) is 2.15. The Labute approximate surface area is 115 Å². The van der Waals surface area contributed by atoms with Gasteiger partial charge in [0.2, 0.25) is 0 Å². The number of rotatable bonds is 5. The van der Waals surface area contributed by atoms with Gasteiger partial charge in [-0.2, -0.15) is 0 Å². The van der Waals surface area contributed by atoms with E-state index in [0.29, 0.717) is 5.92 Å². The zero-order chi connectivity index (χ0) is 13.7. The molecular weight excluding hydrogens is 240 g/mol. The van der Waals surface area contributed by atoms with E-state index in [9.17, 15) is 0 Å². The van der Waals surface area contributed by atoms with Gasteiger partial charge in [0, 0.05) is 25.8 Å². The zero-order valence-corrected chi connectivity index (χ0v) is 12.1. The summed E-state index contributed by atoms with van der Waals surface area (Å²) >= 11 is 0. The summed E-state index contributed by atoms with van der Waals surface area (Å²) in [6, 6.07) is 0. The monoisotopic (exact) mass is 264 g/mol. The smallest absolute Gasteiger partial charge is 0.147 e. The zero-order valence-electron chi connectivity index (χ0n) is 12.1. The Morgan fingerprint density at radius 1 is 1.47 bits per heavy atom. The van der Waals surface area contributed by atoms with Gasteiger partial charge >= 0.3 is 0 Å². The van der Waals surface area contributed by atoms with Crippen molar-refractivity contribution in [2.75, 3.05) is 31.1 Å². The first-order valence-electron chi connectivity index (χ1n) is 7.03. The molecule has 1 atom stereocenters. The maximum Gasteiger partial charge on any atom is 0.147 e. The van der Waals surface area contributed by atoms with Crippen molar-refractivity contribution in [1.82, 2.24) is 15.3 Å². The highest BCUT2D eigenvalue weighted by Crippen LogP contribution is 2.14. The van der Waals surface area contributed by atoms with Crippen LogP contribution in [0.2, 0.25) is 0 Å². The molecule has 1 N–H and O–H groups in total. The normalized spacial score (nSPS) is 20.0. The molecule has 0 radical (unpaired) electrons. The largest absolute Gasteiger partial charge is 0.375 e. The van der Waals surface area contributed by atoms with Gasteiger partial charge in [-0.05, 0) is 19.4 Å². The van der Waals surface area contributed by atoms with Crippen LogP contribution in [0.15, 0.2) is 12.4 Å². The molecule has 1 aliphatic heterocycles. The molecule has 1 saturated heterocycles. The minimum absolute atomic E-state index is 0.262. The van der Waals surface area contributed by atoms with E-state index in [1.165, 1.54) is 0 Å². The van der Waals surface area contributed by atoms with E-state index >= 15 is 0 Å². The van der Waals surface area contributed by atoms with Crippen LogP contribution >= 0.6 is 0 Å². The van der Waals surface area contributed by atoms with Crippen LogP contribution in [-0.4, -0.2) is 42.3 Å². The third-order valence-corrected chi connectivity index (χ3v) is 3.10. The van der Waals surface area contributed by atoms with Gasteiger partial charge in [-0.15, -0.1) is 0 Å². The van der Waals surface area contributed by atoms with Crippen molar-refractivity contribution in [3.05, 3.63) is 18.1 Å². The molecule has 0 amide bonds. The molecule has 0 aromatic carbocycles. The van der Waals surface area contributed by atoms with E-state index in [-0.39, 0.29) is 6.10 Å².